The number of nitriles is 1. The second kappa shape index (κ2) is 7.79. The van der Waals surface area contributed by atoms with E-state index < -0.39 is 11.7 Å². The van der Waals surface area contributed by atoms with Gasteiger partial charge < -0.3 is 14.6 Å². The summed E-state index contributed by atoms with van der Waals surface area (Å²) >= 11 is 0. The van der Waals surface area contributed by atoms with Gasteiger partial charge in [-0.1, -0.05) is 0 Å². The molecule has 0 saturated heterocycles. The van der Waals surface area contributed by atoms with Gasteiger partial charge in [-0.15, -0.1) is 0 Å². The van der Waals surface area contributed by atoms with Gasteiger partial charge in [-0.3, -0.25) is 4.79 Å². The summed E-state index contributed by atoms with van der Waals surface area (Å²) in [6.07, 6.45) is -3.15. The molecule has 0 saturated carbocycles. The molecule has 0 spiro atoms. The van der Waals surface area contributed by atoms with E-state index in [1.807, 2.05) is 6.07 Å². The van der Waals surface area contributed by atoms with Gasteiger partial charge in [-0.05, 0) is 24.3 Å². The smallest absolute Gasteiger partial charge is 0.419 e. The minimum atomic E-state index is -4.66. The van der Waals surface area contributed by atoms with Crippen LogP contribution in [0.25, 0.3) is 22.3 Å². The van der Waals surface area contributed by atoms with E-state index in [9.17, 15) is 23.2 Å². The molecule has 0 aliphatic carbocycles. The highest BCUT2D eigenvalue weighted by Crippen LogP contribution is 2.39. The van der Waals surface area contributed by atoms with Crippen LogP contribution in [0.15, 0.2) is 30.6 Å². The Labute approximate surface area is 163 Å². The Morgan fingerprint density at radius 1 is 1.34 bits per heavy atom. The van der Waals surface area contributed by atoms with Crippen LogP contribution in [0, 0.1) is 11.3 Å². The number of halogens is 3. The lowest BCUT2D eigenvalue weighted by Gasteiger charge is -2.15. The summed E-state index contributed by atoms with van der Waals surface area (Å²) in [6.45, 7) is 1.27. The summed E-state index contributed by atoms with van der Waals surface area (Å²) in [5.74, 6) is -0.654. The fourth-order valence-electron chi connectivity index (χ4n) is 2.78. The van der Waals surface area contributed by atoms with Gasteiger partial charge in [0.25, 0.3) is 0 Å². The van der Waals surface area contributed by atoms with E-state index in [-0.39, 0.29) is 41.8 Å². The molecule has 0 bridgehead atoms. The molecule has 150 valence electrons. The van der Waals surface area contributed by atoms with Gasteiger partial charge in [0.15, 0.2) is 5.69 Å². The number of hydrogen-bond donors (Lipinski definition) is 1. The van der Waals surface area contributed by atoms with Gasteiger partial charge in [-0.25, -0.2) is 9.97 Å². The summed E-state index contributed by atoms with van der Waals surface area (Å²) in [7, 11) is 1.72. The standard InChI is InChI=1S/C19H16F3N5O2/c1-11(28)24-5-6-29-17-4-3-12(7-13(17)19(20,21)22)14-8-16-18(15(9-23)26-14)25-10-27(16)2/h3-4,7-8,10H,5-6H2,1-2H3,(H,24,28). The predicted octanol–water partition coefficient (Wildman–Crippen LogP) is 3.04. The number of ether oxygens (including phenoxy) is 1. The van der Waals surface area contributed by atoms with E-state index in [2.05, 4.69) is 15.3 Å². The SMILES string of the molecule is CC(=O)NCCOc1ccc(-c2cc3c(ncn3C)c(C#N)n2)cc1C(F)(F)F. The number of carbonyl (C=O) groups excluding carboxylic acids is 1. The minimum absolute atomic E-state index is 0.0299. The van der Waals surface area contributed by atoms with Crippen LogP contribution in [-0.2, 0) is 18.0 Å². The zero-order valence-electron chi connectivity index (χ0n) is 15.5. The van der Waals surface area contributed by atoms with Crippen LogP contribution < -0.4 is 10.1 Å². The third-order valence-corrected chi connectivity index (χ3v) is 4.13. The summed E-state index contributed by atoms with van der Waals surface area (Å²) < 4.78 is 47.5. The second-order valence-corrected chi connectivity index (χ2v) is 6.23. The molecule has 0 fully saturated rings. The Morgan fingerprint density at radius 2 is 2.10 bits per heavy atom. The predicted molar refractivity (Wildman–Crippen MR) is 97.8 cm³/mol. The fraction of sp³-hybridized carbons (Fsp3) is 0.263. The molecule has 0 aliphatic heterocycles. The average Bonchev–Trinajstić information content (AvgIpc) is 3.04. The highest BCUT2D eigenvalue weighted by Gasteiger charge is 2.35. The molecule has 0 aliphatic rings. The van der Waals surface area contributed by atoms with Crippen molar-refractivity contribution in [3.8, 4) is 23.1 Å². The summed E-state index contributed by atoms with van der Waals surface area (Å²) in [5, 5.41) is 11.8. The third-order valence-electron chi connectivity index (χ3n) is 4.13. The van der Waals surface area contributed by atoms with Gasteiger partial charge in [0, 0.05) is 19.5 Å². The molecule has 3 rings (SSSR count). The van der Waals surface area contributed by atoms with Crippen LogP contribution in [0.1, 0.15) is 18.2 Å². The van der Waals surface area contributed by atoms with Crippen molar-refractivity contribution >= 4 is 16.9 Å². The third kappa shape index (κ3) is 4.29. The molecule has 1 N–H and O–H groups in total. The van der Waals surface area contributed by atoms with Crippen LogP contribution >= 0.6 is 0 Å². The molecule has 0 radical (unpaired) electrons. The maximum Gasteiger partial charge on any atom is 0.419 e. The van der Waals surface area contributed by atoms with Crippen molar-refractivity contribution in [1.82, 2.24) is 19.9 Å². The topological polar surface area (TPSA) is 92.8 Å². The number of imidazole rings is 1. The average molecular weight is 403 g/mol. The molecule has 2 aromatic heterocycles. The molecular weight excluding hydrogens is 387 g/mol. The lowest BCUT2D eigenvalue weighted by atomic mass is 10.1. The summed E-state index contributed by atoms with van der Waals surface area (Å²) in [6, 6.07) is 7.07. The van der Waals surface area contributed by atoms with E-state index >= 15 is 0 Å². The largest absolute Gasteiger partial charge is 0.491 e. The number of aryl methyl sites for hydroxylation is 1. The highest BCUT2D eigenvalue weighted by molar-refractivity contribution is 5.84. The quantitative estimate of drug-likeness (QED) is 0.661. The van der Waals surface area contributed by atoms with Gasteiger partial charge in [0.2, 0.25) is 5.91 Å². The molecule has 0 atom stereocenters. The summed E-state index contributed by atoms with van der Waals surface area (Å²) in [4.78, 5) is 19.1. The molecule has 7 nitrogen and oxygen atoms in total. The first-order valence-electron chi connectivity index (χ1n) is 8.51. The van der Waals surface area contributed by atoms with Crippen molar-refractivity contribution in [3.63, 3.8) is 0 Å². The Morgan fingerprint density at radius 3 is 2.76 bits per heavy atom. The molecule has 1 amide bonds. The van der Waals surface area contributed by atoms with Crippen molar-refractivity contribution in [3.05, 3.63) is 41.9 Å². The van der Waals surface area contributed by atoms with E-state index in [4.69, 9.17) is 4.74 Å². The summed E-state index contributed by atoms with van der Waals surface area (Å²) in [5.41, 5.74) is 0.424. The number of hydrogen-bond acceptors (Lipinski definition) is 5. The molecular formula is C19H16F3N5O2. The van der Waals surface area contributed by atoms with Gasteiger partial charge >= 0.3 is 6.18 Å². The molecule has 3 aromatic rings. The number of rotatable bonds is 5. The number of nitrogens with one attached hydrogen (secondary N) is 1. The van der Waals surface area contributed by atoms with Crippen LogP contribution in [-0.4, -0.2) is 33.6 Å². The van der Waals surface area contributed by atoms with Gasteiger partial charge in [0.1, 0.15) is 23.9 Å². The van der Waals surface area contributed by atoms with Crippen LogP contribution in [0.3, 0.4) is 0 Å². The van der Waals surface area contributed by atoms with Crippen molar-refractivity contribution in [1.29, 1.82) is 5.26 Å². The Hall–Kier alpha value is -3.61. The van der Waals surface area contributed by atoms with Gasteiger partial charge in [-0.2, -0.15) is 18.4 Å². The zero-order chi connectivity index (χ0) is 21.2. The first-order valence-corrected chi connectivity index (χ1v) is 8.51. The van der Waals surface area contributed by atoms with E-state index in [1.165, 1.54) is 25.4 Å². The van der Waals surface area contributed by atoms with Gasteiger partial charge in [0.05, 0.1) is 29.6 Å². The molecule has 1 aromatic carbocycles. The normalized spacial score (nSPS) is 11.3. The zero-order valence-corrected chi connectivity index (χ0v) is 15.5. The number of aromatic nitrogens is 3. The highest BCUT2D eigenvalue weighted by atomic mass is 19.4. The Bertz CT molecular complexity index is 1120. The van der Waals surface area contributed by atoms with Crippen molar-refractivity contribution in [2.75, 3.05) is 13.2 Å². The monoisotopic (exact) mass is 403 g/mol. The Kier molecular flexibility index (Phi) is 5.41. The first kappa shape index (κ1) is 20.1. The van der Waals surface area contributed by atoms with Crippen molar-refractivity contribution in [2.45, 2.75) is 13.1 Å². The van der Waals surface area contributed by atoms with Crippen molar-refractivity contribution in [2.24, 2.45) is 7.05 Å². The molecule has 29 heavy (non-hydrogen) atoms. The van der Waals surface area contributed by atoms with Crippen LogP contribution in [0.4, 0.5) is 13.2 Å². The van der Waals surface area contributed by atoms with E-state index in [0.717, 1.165) is 6.07 Å². The van der Waals surface area contributed by atoms with E-state index in [1.54, 1.807) is 17.7 Å². The number of fused-ring (bicyclic) bond motifs is 1. The van der Waals surface area contributed by atoms with Crippen LogP contribution in [0.5, 0.6) is 5.75 Å². The van der Waals surface area contributed by atoms with Crippen LogP contribution in [0.2, 0.25) is 0 Å². The van der Waals surface area contributed by atoms with Crippen molar-refractivity contribution < 1.29 is 22.7 Å². The number of amides is 1. The maximum absolute atomic E-state index is 13.6. The molecule has 10 heteroatoms. The second-order valence-electron chi connectivity index (χ2n) is 6.23. The lowest BCUT2D eigenvalue weighted by molar-refractivity contribution is -0.139. The Balaban J connectivity index is 2.01. The maximum atomic E-state index is 13.6. The fourth-order valence-corrected chi connectivity index (χ4v) is 2.78. The molecule has 0 unspecified atom stereocenters. The lowest BCUT2D eigenvalue weighted by Crippen LogP contribution is -2.25. The first-order chi connectivity index (χ1) is 13.7. The molecule has 2 heterocycles. The number of nitrogens with zero attached hydrogens (tertiary/aromatic N) is 4. The number of pyridine rings is 1. The number of alkyl halides is 3. The number of carbonyl (C=O) groups is 1. The number of benzene rings is 1. The van der Waals surface area contributed by atoms with E-state index in [0.29, 0.717) is 11.0 Å². The minimum Gasteiger partial charge on any atom is -0.491 e.